The van der Waals surface area contributed by atoms with Gasteiger partial charge in [0.05, 0.1) is 6.34 Å². The van der Waals surface area contributed by atoms with Gasteiger partial charge >= 0.3 is 0 Å². The molecule has 0 aromatic heterocycles. The lowest BCUT2D eigenvalue weighted by Crippen LogP contribution is -2.14. The maximum Gasteiger partial charge on any atom is 0.267 e. The zero-order valence-corrected chi connectivity index (χ0v) is 6.09. The lowest BCUT2D eigenvalue weighted by atomic mass is 10.2. The summed E-state index contributed by atoms with van der Waals surface area (Å²) >= 11 is 0. The van der Waals surface area contributed by atoms with Crippen molar-refractivity contribution in [2.75, 3.05) is 0 Å². The molecular weight excluding hydrogens is 130 g/mol. The third kappa shape index (κ3) is 2.30. The van der Waals surface area contributed by atoms with Gasteiger partial charge in [-0.3, -0.25) is 4.79 Å². The van der Waals surface area contributed by atoms with E-state index in [2.05, 4.69) is 4.99 Å². The Hall–Kier alpha value is -1.32. The number of hydrogen-bond donors (Lipinski definition) is 2. The van der Waals surface area contributed by atoms with E-state index in [1.807, 2.05) is 0 Å². The summed E-state index contributed by atoms with van der Waals surface area (Å²) in [4.78, 5) is 14.1. The van der Waals surface area contributed by atoms with Gasteiger partial charge in [-0.2, -0.15) is 0 Å². The summed E-state index contributed by atoms with van der Waals surface area (Å²) in [5.74, 6) is -0.554. The van der Waals surface area contributed by atoms with Gasteiger partial charge in [-0.05, 0) is 19.4 Å². The zero-order valence-electron chi connectivity index (χ0n) is 6.09. The second-order valence-corrected chi connectivity index (χ2v) is 1.99. The van der Waals surface area contributed by atoms with Gasteiger partial charge in [0, 0.05) is 0 Å². The average molecular weight is 141 g/mol. The Labute approximate surface area is 59.6 Å². The second-order valence-electron chi connectivity index (χ2n) is 1.99. The fourth-order valence-electron chi connectivity index (χ4n) is 0.514. The summed E-state index contributed by atoms with van der Waals surface area (Å²) in [7, 11) is 0. The van der Waals surface area contributed by atoms with Crippen molar-refractivity contribution in [2.24, 2.45) is 16.5 Å². The summed E-state index contributed by atoms with van der Waals surface area (Å²) < 4.78 is 0. The third-order valence-electron chi connectivity index (χ3n) is 0.911. The van der Waals surface area contributed by atoms with Gasteiger partial charge in [-0.1, -0.05) is 0 Å². The highest BCUT2D eigenvalue weighted by Crippen LogP contribution is 2.01. The minimum atomic E-state index is -0.554. The van der Waals surface area contributed by atoms with Gasteiger partial charge in [0.2, 0.25) is 0 Å². The first-order chi connectivity index (χ1) is 4.59. The molecule has 0 unspecified atom stereocenters. The van der Waals surface area contributed by atoms with Crippen LogP contribution in [0.3, 0.4) is 0 Å². The van der Waals surface area contributed by atoms with Crippen molar-refractivity contribution in [1.29, 1.82) is 0 Å². The van der Waals surface area contributed by atoms with Crippen LogP contribution >= 0.6 is 0 Å². The summed E-state index contributed by atoms with van der Waals surface area (Å²) in [6, 6.07) is 0. The monoisotopic (exact) mass is 141 g/mol. The molecule has 0 fully saturated rings. The molecule has 4 heteroatoms. The molecule has 4 N–H and O–H groups in total. The van der Waals surface area contributed by atoms with E-state index >= 15 is 0 Å². The Kier molecular flexibility index (Phi) is 3.17. The molecule has 4 nitrogen and oxygen atoms in total. The van der Waals surface area contributed by atoms with E-state index < -0.39 is 5.91 Å². The van der Waals surface area contributed by atoms with E-state index in [1.54, 1.807) is 13.8 Å². The SMILES string of the molecule is CC(C)=C(N=CN)C(N)=O. The topological polar surface area (TPSA) is 81.5 Å². The zero-order chi connectivity index (χ0) is 8.15. The number of aliphatic imine (C=N–C) groups is 1. The van der Waals surface area contributed by atoms with E-state index in [1.165, 1.54) is 0 Å². The fourth-order valence-corrected chi connectivity index (χ4v) is 0.514. The largest absolute Gasteiger partial charge is 0.390 e. The molecule has 0 rings (SSSR count). The van der Waals surface area contributed by atoms with Gasteiger partial charge in [0.25, 0.3) is 5.91 Å². The molecule has 10 heavy (non-hydrogen) atoms. The fraction of sp³-hybridized carbons (Fsp3) is 0.333. The number of primary amides is 1. The van der Waals surface area contributed by atoms with E-state index in [0.29, 0.717) is 0 Å². The first-order valence-electron chi connectivity index (χ1n) is 2.81. The minimum absolute atomic E-state index is 0.225. The first-order valence-corrected chi connectivity index (χ1v) is 2.81. The van der Waals surface area contributed by atoms with Crippen LogP contribution in [-0.4, -0.2) is 12.2 Å². The van der Waals surface area contributed by atoms with Crippen molar-refractivity contribution in [1.82, 2.24) is 0 Å². The molecular formula is C6H11N3O. The second kappa shape index (κ2) is 3.66. The standard InChI is InChI=1S/C6H11N3O/c1-4(2)5(6(8)10)9-3-7/h3H,1-2H3,(H2,7,9)(H2,8,10). The smallest absolute Gasteiger partial charge is 0.267 e. The number of hydrogen-bond acceptors (Lipinski definition) is 2. The van der Waals surface area contributed by atoms with Gasteiger partial charge in [0.15, 0.2) is 0 Å². The van der Waals surface area contributed by atoms with Crippen LogP contribution in [0.5, 0.6) is 0 Å². The molecule has 0 aliphatic carbocycles. The maximum absolute atomic E-state index is 10.5. The average Bonchev–Trinajstić information content (AvgIpc) is 1.81. The van der Waals surface area contributed by atoms with Gasteiger partial charge < -0.3 is 11.5 Å². The normalized spacial score (nSPS) is 9.80. The quantitative estimate of drug-likeness (QED) is 0.316. The summed E-state index contributed by atoms with van der Waals surface area (Å²) in [5, 5.41) is 0. The number of nitrogens with two attached hydrogens (primary N) is 2. The molecule has 0 heterocycles. The van der Waals surface area contributed by atoms with Crippen molar-refractivity contribution in [2.45, 2.75) is 13.8 Å². The van der Waals surface area contributed by atoms with Crippen LogP contribution in [0.25, 0.3) is 0 Å². The van der Waals surface area contributed by atoms with Crippen LogP contribution in [0.2, 0.25) is 0 Å². The lowest BCUT2D eigenvalue weighted by molar-refractivity contribution is -0.114. The molecule has 0 aromatic carbocycles. The third-order valence-corrected chi connectivity index (χ3v) is 0.911. The Balaban J connectivity index is 4.61. The van der Waals surface area contributed by atoms with Crippen LogP contribution in [0.15, 0.2) is 16.3 Å². The highest BCUT2D eigenvalue weighted by atomic mass is 16.1. The molecule has 1 amide bonds. The van der Waals surface area contributed by atoms with Crippen molar-refractivity contribution in [3.05, 3.63) is 11.3 Å². The molecule has 0 aliphatic heterocycles. The van der Waals surface area contributed by atoms with Gasteiger partial charge in [-0.15, -0.1) is 0 Å². The molecule has 0 atom stereocenters. The minimum Gasteiger partial charge on any atom is -0.390 e. The molecule has 56 valence electrons. The van der Waals surface area contributed by atoms with E-state index in [0.717, 1.165) is 11.9 Å². The number of amides is 1. The van der Waals surface area contributed by atoms with E-state index in [9.17, 15) is 4.79 Å². The van der Waals surface area contributed by atoms with Crippen LogP contribution in [0, 0.1) is 0 Å². The molecule has 0 aromatic rings. The summed E-state index contributed by atoms with van der Waals surface area (Å²) in [5.41, 5.74) is 10.9. The molecule has 0 saturated carbocycles. The van der Waals surface area contributed by atoms with Crippen molar-refractivity contribution in [3.8, 4) is 0 Å². The summed E-state index contributed by atoms with van der Waals surface area (Å²) in [6.07, 6.45) is 1.05. The molecule has 0 saturated heterocycles. The number of rotatable bonds is 2. The van der Waals surface area contributed by atoms with Crippen LogP contribution in [-0.2, 0) is 4.79 Å². The number of allylic oxidation sites excluding steroid dienone is 1. The van der Waals surface area contributed by atoms with Crippen LogP contribution in [0.1, 0.15) is 13.8 Å². The predicted molar refractivity (Wildman–Crippen MR) is 40.2 cm³/mol. The molecule has 0 aliphatic rings. The number of carbonyl (C=O) groups is 1. The lowest BCUT2D eigenvalue weighted by Gasteiger charge is -1.95. The van der Waals surface area contributed by atoms with Crippen molar-refractivity contribution in [3.63, 3.8) is 0 Å². The Bertz CT molecular complexity index is 189. The highest BCUT2D eigenvalue weighted by molar-refractivity contribution is 5.93. The Morgan fingerprint density at radius 3 is 2.10 bits per heavy atom. The highest BCUT2D eigenvalue weighted by Gasteiger charge is 2.02. The first kappa shape index (κ1) is 8.68. The Morgan fingerprint density at radius 1 is 1.50 bits per heavy atom. The van der Waals surface area contributed by atoms with Crippen LogP contribution in [0.4, 0.5) is 0 Å². The maximum atomic E-state index is 10.5. The van der Waals surface area contributed by atoms with Crippen molar-refractivity contribution >= 4 is 12.2 Å². The number of nitrogens with zero attached hydrogens (tertiary/aromatic N) is 1. The predicted octanol–water partition coefficient (Wildman–Crippen LogP) is -0.247. The molecule has 0 spiro atoms. The molecule has 0 bridgehead atoms. The van der Waals surface area contributed by atoms with E-state index in [-0.39, 0.29) is 5.70 Å². The molecule has 0 radical (unpaired) electrons. The summed E-state index contributed by atoms with van der Waals surface area (Å²) in [6.45, 7) is 3.49. The Morgan fingerprint density at radius 2 is 2.00 bits per heavy atom. The van der Waals surface area contributed by atoms with E-state index in [4.69, 9.17) is 11.5 Å². The van der Waals surface area contributed by atoms with Crippen molar-refractivity contribution < 1.29 is 4.79 Å². The number of carbonyl (C=O) groups excluding carboxylic acids is 1. The van der Waals surface area contributed by atoms with Gasteiger partial charge in [-0.25, -0.2) is 4.99 Å². The van der Waals surface area contributed by atoms with Crippen LogP contribution < -0.4 is 11.5 Å². The van der Waals surface area contributed by atoms with Gasteiger partial charge in [0.1, 0.15) is 5.70 Å².